The van der Waals surface area contributed by atoms with Gasteiger partial charge in [0.2, 0.25) is 0 Å². The summed E-state index contributed by atoms with van der Waals surface area (Å²) >= 11 is 0.973. The Hall–Kier alpha value is -2.41. The second kappa shape index (κ2) is 6.85. The lowest BCUT2D eigenvalue weighted by Crippen LogP contribution is -2.20. The number of methoxy groups -OCH3 is 1. The highest BCUT2D eigenvalue weighted by molar-refractivity contribution is 7.11. The van der Waals surface area contributed by atoms with Crippen molar-refractivity contribution in [3.8, 4) is 0 Å². The Morgan fingerprint density at radius 1 is 1.33 bits per heavy atom. The van der Waals surface area contributed by atoms with Gasteiger partial charge in [0.1, 0.15) is 5.76 Å². The fourth-order valence-electron chi connectivity index (χ4n) is 1.58. The Labute approximate surface area is 125 Å². The van der Waals surface area contributed by atoms with Gasteiger partial charge in [-0.2, -0.15) is 0 Å². The molecule has 0 aliphatic heterocycles. The minimum atomic E-state index is -0.528. The molecule has 0 saturated carbocycles. The Balaban J connectivity index is 2.06. The minimum Gasteiger partial charge on any atom is -0.465 e. The monoisotopic (exact) mass is 306 g/mol. The lowest BCUT2D eigenvalue weighted by molar-refractivity contribution is 0.0603. The van der Waals surface area contributed by atoms with Crippen LogP contribution in [0.5, 0.6) is 0 Å². The number of nitrogens with one attached hydrogen (secondary N) is 1. The zero-order chi connectivity index (χ0) is 15.2. The summed E-state index contributed by atoms with van der Waals surface area (Å²) in [5.74, 6) is -0.131. The highest BCUT2D eigenvalue weighted by Crippen LogP contribution is 2.11. The lowest BCUT2D eigenvalue weighted by atomic mass is 10.2. The van der Waals surface area contributed by atoms with E-state index in [0.717, 1.165) is 16.9 Å². The topological polar surface area (TPSA) is 80.9 Å². The van der Waals surface area contributed by atoms with E-state index in [0.29, 0.717) is 17.2 Å². The first-order chi connectivity index (χ1) is 10.1. The van der Waals surface area contributed by atoms with E-state index >= 15 is 0 Å². The van der Waals surface area contributed by atoms with Crippen LogP contribution >= 0.6 is 11.3 Å². The Kier molecular flexibility index (Phi) is 4.89. The molecule has 2 amide bonds. The third-order valence-corrected chi connectivity index (χ3v) is 3.61. The molecule has 6 nitrogen and oxygen atoms in total. The molecule has 1 heterocycles. The number of benzene rings is 1. The molecule has 1 N–H and O–H groups in total. The van der Waals surface area contributed by atoms with Crippen LogP contribution in [0.2, 0.25) is 0 Å². The molecule has 1 aromatic heterocycles. The molecule has 1 aromatic carbocycles. The predicted octanol–water partition coefficient (Wildman–Crippen LogP) is 2.25. The fourth-order valence-corrected chi connectivity index (χ4v) is 2.40. The van der Waals surface area contributed by atoms with Gasteiger partial charge in [0.05, 0.1) is 7.11 Å². The zero-order valence-electron chi connectivity index (χ0n) is 11.6. The van der Waals surface area contributed by atoms with Crippen LogP contribution in [0.15, 0.2) is 39.7 Å². The van der Waals surface area contributed by atoms with Gasteiger partial charge in [0.15, 0.2) is 4.88 Å². The van der Waals surface area contributed by atoms with Gasteiger partial charge in [-0.25, -0.2) is 9.59 Å². The molecule has 0 atom stereocenters. The minimum absolute atomic E-state index is 0.110. The van der Waals surface area contributed by atoms with E-state index < -0.39 is 12.0 Å². The molecular weight excluding hydrogens is 292 g/mol. The molecule has 110 valence electrons. The lowest BCUT2D eigenvalue weighted by Gasteiger charge is -2.00. The van der Waals surface area contributed by atoms with Gasteiger partial charge < -0.3 is 14.5 Å². The summed E-state index contributed by atoms with van der Waals surface area (Å²) < 4.78 is 9.86. The van der Waals surface area contributed by atoms with Crippen molar-refractivity contribution in [2.45, 2.75) is 13.5 Å². The third-order valence-electron chi connectivity index (χ3n) is 2.60. The van der Waals surface area contributed by atoms with Gasteiger partial charge in [0.25, 0.3) is 4.87 Å². The number of ether oxygens (including phenoxy) is 1. The molecule has 0 aliphatic rings. The number of carbonyl (C=O) groups is 2. The van der Waals surface area contributed by atoms with Crippen LogP contribution < -0.4 is 10.2 Å². The van der Waals surface area contributed by atoms with Crippen LogP contribution in [0, 0.1) is 6.92 Å². The van der Waals surface area contributed by atoms with Crippen LogP contribution in [0.4, 0.5) is 4.79 Å². The molecule has 7 heteroatoms. The van der Waals surface area contributed by atoms with Gasteiger partial charge in [-0.15, -0.1) is 4.99 Å². The highest BCUT2D eigenvalue weighted by atomic mass is 32.1. The van der Waals surface area contributed by atoms with Crippen molar-refractivity contribution >= 4 is 23.3 Å². The van der Waals surface area contributed by atoms with Crippen molar-refractivity contribution in [1.82, 2.24) is 5.32 Å². The molecule has 21 heavy (non-hydrogen) atoms. The number of hydrogen-bond donors (Lipinski definition) is 1. The molecule has 2 rings (SSSR count). The Morgan fingerprint density at radius 2 is 2.05 bits per heavy atom. The van der Waals surface area contributed by atoms with Crippen molar-refractivity contribution in [2.24, 2.45) is 4.99 Å². The number of aryl methyl sites for hydroxylation is 1. The van der Waals surface area contributed by atoms with E-state index in [9.17, 15) is 9.59 Å². The van der Waals surface area contributed by atoms with Crippen LogP contribution in [0.3, 0.4) is 0 Å². The van der Waals surface area contributed by atoms with E-state index in [-0.39, 0.29) is 4.87 Å². The number of hydrogen-bond acceptors (Lipinski definition) is 5. The van der Waals surface area contributed by atoms with E-state index in [2.05, 4.69) is 15.0 Å². The molecule has 2 aromatic rings. The predicted molar refractivity (Wildman–Crippen MR) is 76.9 cm³/mol. The number of esters is 1. The smallest absolute Gasteiger partial charge is 0.351 e. The molecule has 0 spiro atoms. The van der Waals surface area contributed by atoms with Crippen molar-refractivity contribution in [3.05, 3.63) is 51.4 Å². The molecule has 0 radical (unpaired) electrons. The third kappa shape index (κ3) is 4.03. The fraction of sp³-hybridized carbons (Fsp3) is 0.214. The maximum absolute atomic E-state index is 11.7. The molecular formula is C14H14N2O4S. The Bertz CT molecular complexity index is 703. The van der Waals surface area contributed by atoms with Gasteiger partial charge in [-0.3, -0.25) is 0 Å². The van der Waals surface area contributed by atoms with E-state index in [4.69, 9.17) is 4.42 Å². The van der Waals surface area contributed by atoms with Crippen LogP contribution in [0.1, 0.15) is 21.0 Å². The maximum atomic E-state index is 11.7. The number of rotatable bonds is 3. The quantitative estimate of drug-likeness (QED) is 0.882. The van der Waals surface area contributed by atoms with Gasteiger partial charge in [-0.1, -0.05) is 41.7 Å². The van der Waals surface area contributed by atoms with Crippen molar-refractivity contribution < 1.29 is 18.7 Å². The van der Waals surface area contributed by atoms with E-state index in [1.54, 1.807) is 6.92 Å². The first kappa shape index (κ1) is 15.0. The zero-order valence-corrected chi connectivity index (χ0v) is 12.4. The van der Waals surface area contributed by atoms with Crippen molar-refractivity contribution in [2.75, 3.05) is 7.11 Å². The SMILES string of the molecule is COC(=O)c1sc(=NC(=O)NCc2ccccc2)oc1C. The van der Waals surface area contributed by atoms with E-state index in [1.165, 1.54) is 7.11 Å². The number of amides is 2. The average molecular weight is 306 g/mol. The van der Waals surface area contributed by atoms with Gasteiger partial charge in [0, 0.05) is 6.54 Å². The molecule has 0 unspecified atom stereocenters. The number of carbonyl (C=O) groups excluding carboxylic acids is 2. The largest absolute Gasteiger partial charge is 0.465 e. The number of urea groups is 1. The molecule has 0 bridgehead atoms. The molecule has 0 saturated heterocycles. The summed E-state index contributed by atoms with van der Waals surface area (Å²) in [4.78, 5) is 27.3. The van der Waals surface area contributed by atoms with Crippen molar-refractivity contribution in [3.63, 3.8) is 0 Å². The average Bonchev–Trinajstić information content (AvgIpc) is 2.86. The normalized spacial score (nSPS) is 11.2. The summed E-state index contributed by atoms with van der Waals surface area (Å²) in [6.07, 6.45) is 0. The van der Waals surface area contributed by atoms with Crippen LogP contribution in [0.25, 0.3) is 0 Å². The Morgan fingerprint density at radius 3 is 2.71 bits per heavy atom. The van der Waals surface area contributed by atoms with Gasteiger partial charge in [-0.05, 0) is 12.5 Å². The second-order valence-corrected chi connectivity index (χ2v) is 5.06. The maximum Gasteiger partial charge on any atom is 0.351 e. The second-order valence-electron chi connectivity index (χ2n) is 4.10. The summed E-state index contributed by atoms with van der Waals surface area (Å²) in [5.41, 5.74) is 0.968. The highest BCUT2D eigenvalue weighted by Gasteiger charge is 2.15. The summed E-state index contributed by atoms with van der Waals surface area (Å²) in [6, 6.07) is 8.95. The van der Waals surface area contributed by atoms with Crippen LogP contribution in [-0.4, -0.2) is 19.1 Å². The molecule has 0 fully saturated rings. The summed E-state index contributed by atoms with van der Waals surface area (Å²) in [7, 11) is 1.28. The standard InChI is InChI=1S/C14H14N2O4S/c1-9-11(12(17)19-2)21-14(20-9)16-13(18)15-8-10-6-4-3-5-7-10/h3-7H,8H2,1-2H3,(H,15,18). The van der Waals surface area contributed by atoms with Crippen molar-refractivity contribution in [1.29, 1.82) is 0 Å². The number of nitrogens with zero attached hydrogens (tertiary/aromatic N) is 1. The first-order valence-corrected chi connectivity index (χ1v) is 6.97. The van der Waals surface area contributed by atoms with Crippen LogP contribution in [-0.2, 0) is 11.3 Å². The van der Waals surface area contributed by atoms with E-state index in [1.807, 2.05) is 30.3 Å². The first-order valence-electron chi connectivity index (χ1n) is 6.15. The summed E-state index contributed by atoms with van der Waals surface area (Å²) in [5, 5.41) is 2.64. The van der Waals surface area contributed by atoms with Gasteiger partial charge >= 0.3 is 12.0 Å². The summed E-state index contributed by atoms with van der Waals surface area (Å²) in [6.45, 7) is 1.99. The molecule has 0 aliphatic carbocycles.